The van der Waals surface area contributed by atoms with Crippen LogP contribution in [0.4, 0.5) is 10.5 Å². The second-order valence-electron chi connectivity index (χ2n) is 2.93. The molecule has 0 aromatic heterocycles. The minimum Gasteiger partial charge on any atom is -0.465 e. The summed E-state index contributed by atoms with van der Waals surface area (Å²) in [5.41, 5.74) is 1.44. The minimum absolute atomic E-state index is 0.589. The maximum absolute atomic E-state index is 10.6. The Balaban J connectivity index is 2.85. The van der Waals surface area contributed by atoms with Gasteiger partial charge in [0.05, 0.1) is 0 Å². The van der Waals surface area contributed by atoms with E-state index in [1.807, 2.05) is 0 Å². The summed E-state index contributed by atoms with van der Waals surface area (Å²) in [5, 5.41) is 8.71. The first kappa shape index (κ1) is 11.0. The molecule has 0 bridgehead atoms. The summed E-state index contributed by atoms with van der Waals surface area (Å²) in [7, 11) is 1.47. The van der Waals surface area contributed by atoms with E-state index in [1.165, 1.54) is 13.1 Å². The van der Waals surface area contributed by atoms with E-state index in [0.29, 0.717) is 12.0 Å². The molecule has 0 aliphatic rings. The number of hydrogen-bond acceptors (Lipinski definition) is 2. The molecule has 0 radical (unpaired) electrons. The van der Waals surface area contributed by atoms with Crippen molar-refractivity contribution in [3.63, 3.8) is 0 Å². The molecule has 78 valence electrons. The van der Waals surface area contributed by atoms with E-state index >= 15 is 0 Å². The Kier molecular flexibility index (Phi) is 3.62. The van der Waals surface area contributed by atoms with Crippen molar-refractivity contribution >= 4 is 24.1 Å². The Morgan fingerprint density at radius 2 is 1.93 bits per heavy atom. The lowest BCUT2D eigenvalue weighted by Gasteiger charge is -2.12. The third kappa shape index (κ3) is 2.95. The molecule has 0 fully saturated rings. The number of carbonyl (C=O) groups excluding carboxylic acids is 1. The van der Waals surface area contributed by atoms with Crippen LogP contribution >= 0.6 is 0 Å². The van der Waals surface area contributed by atoms with Crippen molar-refractivity contribution in [3.8, 4) is 0 Å². The molecule has 15 heavy (non-hydrogen) atoms. The summed E-state index contributed by atoms with van der Waals surface area (Å²) in [6, 6.07) is 6.85. The van der Waals surface area contributed by atoms with Crippen LogP contribution in [0.5, 0.6) is 0 Å². The Morgan fingerprint density at radius 1 is 1.33 bits per heavy atom. The summed E-state index contributed by atoms with van der Waals surface area (Å²) < 4.78 is 0. The van der Waals surface area contributed by atoms with E-state index in [0.717, 1.165) is 10.5 Å². The van der Waals surface area contributed by atoms with E-state index in [9.17, 15) is 9.59 Å². The molecule has 0 atom stereocenters. The van der Waals surface area contributed by atoms with Gasteiger partial charge in [-0.1, -0.05) is 18.2 Å². The average Bonchev–Trinajstić information content (AvgIpc) is 2.26. The first-order valence-corrected chi connectivity index (χ1v) is 4.33. The van der Waals surface area contributed by atoms with Crippen molar-refractivity contribution in [1.82, 2.24) is 0 Å². The molecule has 1 aromatic carbocycles. The number of aldehydes is 1. The lowest BCUT2D eigenvalue weighted by atomic mass is 10.2. The number of rotatable bonds is 3. The number of carboxylic acid groups (broad SMARTS) is 1. The zero-order valence-electron chi connectivity index (χ0n) is 8.25. The maximum atomic E-state index is 10.6. The molecule has 4 nitrogen and oxygen atoms in total. The van der Waals surface area contributed by atoms with E-state index in [-0.39, 0.29) is 0 Å². The lowest BCUT2D eigenvalue weighted by Crippen LogP contribution is -2.23. The number of nitrogens with zero attached hydrogens (tertiary/aromatic N) is 1. The van der Waals surface area contributed by atoms with Crippen LogP contribution in [-0.2, 0) is 4.79 Å². The molecule has 0 heterocycles. The van der Waals surface area contributed by atoms with Gasteiger partial charge in [-0.25, -0.2) is 4.79 Å². The monoisotopic (exact) mass is 205 g/mol. The van der Waals surface area contributed by atoms with Crippen LogP contribution in [-0.4, -0.2) is 24.5 Å². The second-order valence-corrected chi connectivity index (χ2v) is 2.93. The number of amides is 1. The Hall–Kier alpha value is -2.10. The zero-order valence-corrected chi connectivity index (χ0v) is 8.25. The van der Waals surface area contributed by atoms with Gasteiger partial charge in [0, 0.05) is 12.7 Å². The first-order valence-electron chi connectivity index (χ1n) is 4.33. The summed E-state index contributed by atoms with van der Waals surface area (Å²) in [6.07, 6.45) is 2.72. The van der Waals surface area contributed by atoms with Crippen molar-refractivity contribution in [2.75, 3.05) is 11.9 Å². The Bertz CT molecular complexity index is 381. The predicted molar refractivity (Wildman–Crippen MR) is 58.0 cm³/mol. The molecule has 0 saturated heterocycles. The van der Waals surface area contributed by atoms with Crippen molar-refractivity contribution in [1.29, 1.82) is 0 Å². The van der Waals surface area contributed by atoms with Gasteiger partial charge in [0.2, 0.25) is 0 Å². The Labute approximate surface area is 87.4 Å². The van der Waals surface area contributed by atoms with Crippen LogP contribution in [0.15, 0.2) is 30.3 Å². The number of carbonyl (C=O) groups is 2. The summed E-state index contributed by atoms with van der Waals surface area (Å²) in [6.45, 7) is 0. The molecular formula is C11H11NO3. The van der Waals surface area contributed by atoms with Crippen LogP contribution in [0.1, 0.15) is 5.56 Å². The van der Waals surface area contributed by atoms with Crippen molar-refractivity contribution in [2.45, 2.75) is 0 Å². The normalized spacial score (nSPS) is 10.2. The fourth-order valence-corrected chi connectivity index (χ4v) is 1.07. The SMILES string of the molecule is CN(C(=O)O)c1ccc(/C=C/C=O)cc1. The molecule has 1 rings (SSSR count). The maximum Gasteiger partial charge on any atom is 0.411 e. The van der Waals surface area contributed by atoms with E-state index < -0.39 is 6.09 Å². The highest BCUT2D eigenvalue weighted by Crippen LogP contribution is 2.14. The molecule has 1 amide bonds. The molecule has 0 spiro atoms. The third-order valence-electron chi connectivity index (χ3n) is 1.93. The molecule has 0 unspecified atom stereocenters. The van der Waals surface area contributed by atoms with Crippen molar-refractivity contribution in [2.24, 2.45) is 0 Å². The largest absolute Gasteiger partial charge is 0.465 e. The molecule has 4 heteroatoms. The topological polar surface area (TPSA) is 57.6 Å². The van der Waals surface area contributed by atoms with Gasteiger partial charge in [-0.3, -0.25) is 9.69 Å². The molecule has 0 aliphatic heterocycles. The van der Waals surface area contributed by atoms with Crippen molar-refractivity contribution in [3.05, 3.63) is 35.9 Å². The number of allylic oxidation sites excluding steroid dienone is 1. The highest BCUT2D eigenvalue weighted by Gasteiger charge is 2.06. The smallest absolute Gasteiger partial charge is 0.411 e. The average molecular weight is 205 g/mol. The predicted octanol–water partition coefficient (Wildman–Crippen LogP) is 2.01. The number of anilines is 1. The zero-order chi connectivity index (χ0) is 11.3. The standard InChI is InChI=1S/C11H11NO3/c1-12(11(14)15)10-6-4-9(5-7-10)3-2-8-13/h2-8H,1H3,(H,14,15)/b3-2+. The fourth-order valence-electron chi connectivity index (χ4n) is 1.07. The molecular weight excluding hydrogens is 194 g/mol. The van der Waals surface area contributed by atoms with Gasteiger partial charge in [-0.05, 0) is 23.8 Å². The molecule has 0 saturated carbocycles. The van der Waals surface area contributed by atoms with Crippen molar-refractivity contribution < 1.29 is 14.7 Å². The van der Waals surface area contributed by atoms with Gasteiger partial charge < -0.3 is 5.11 Å². The van der Waals surface area contributed by atoms with E-state index in [2.05, 4.69) is 0 Å². The lowest BCUT2D eigenvalue weighted by molar-refractivity contribution is -0.104. The van der Waals surface area contributed by atoms with Gasteiger partial charge in [-0.15, -0.1) is 0 Å². The molecule has 1 N–H and O–H groups in total. The summed E-state index contributed by atoms with van der Waals surface area (Å²) in [4.78, 5) is 21.8. The van der Waals surface area contributed by atoms with E-state index in [4.69, 9.17) is 5.11 Å². The first-order chi connectivity index (χ1) is 7.15. The van der Waals surface area contributed by atoms with Gasteiger partial charge in [0.1, 0.15) is 6.29 Å². The number of benzene rings is 1. The molecule has 1 aromatic rings. The fraction of sp³-hybridized carbons (Fsp3) is 0.0909. The highest BCUT2D eigenvalue weighted by atomic mass is 16.4. The Morgan fingerprint density at radius 3 is 2.40 bits per heavy atom. The van der Waals surface area contributed by atoms with Crippen LogP contribution in [0.2, 0.25) is 0 Å². The number of hydrogen-bond donors (Lipinski definition) is 1. The van der Waals surface area contributed by atoms with Gasteiger partial charge >= 0.3 is 6.09 Å². The van der Waals surface area contributed by atoms with Crippen LogP contribution in [0.25, 0.3) is 6.08 Å². The van der Waals surface area contributed by atoms with Gasteiger partial charge in [0.15, 0.2) is 0 Å². The quantitative estimate of drug-likeness (QED) is 0.606. The molecule has 0 aliphatic carbocycles. The van der Waals surface area contributed by atoms with Crippen LogP contribution in [0.3, 0.4) is 0 Å². The van der Waals surface area contributed by atoms with Gasteiger partial charge in [0.25, 0.3) is 0 Å². The summed E-state index contributed by atoms with van der Waals surface area (Å²) >= 11 is 0. The minimum atomic E-state index is -1.01. The third-order valence-corrected chi connectivity index (χ3v) is 1.93. The summed E-state index contributed by atoms with van der Waals surface area (Å²) in [5.74, 6) is 0. The highest BCUT2D eigenvalue weighted by molar-refractivity contribution is 5.85. The van der Waals surface area contributed by atoms with Gasteiger partial charge in [-0.2, -0.15) is 0 Å². The van der Waals surface area contributed by atoms with Crippen LogP contribution < -0.4 is 4.90 Å². The second kappa shape index (κ2) is 4.95. The van der Waals surface area contributed by atoms with Crippen LogP contribution in [0, 0.1) is 0 Å². The van der Waals surface area contributed by atoms with E-state index in [1.54, 1.807) is 30.3 Å².